The highest BCUT2D eigenvalue weighted by Gasteiger charge is 2.21. The van der Waals surface area contributed by atoms with Crippen LogP contribution in [0.4, 0.5) is 5.82 Å². The molecule has 7 heteroatoms. The van der Waals surface area contributed by atoms with Crippen molar-refractivity contribution < 1.29 is 14.1 Å². The van der Waals surface area contributed by atoms with E-state index in [4.69, 9.17) is 4.52 Å². The summed E-state index contributed by atoms with van der Waals surface area (Å²) in [5, 5.41) is 8.78. The predicted octanol–water partition coefficient (Wildman–Crippen LogP) is 1.01. The van der Waals surface area contributed by atoms with Crippen molar-refractivity contribution in [1.29, 1.82) is 0 Å². The van der Waals surface area contributed by atoms with E-state index in [-0.39, 0.29) is 11.9 Å². The normalized spacial score (nSPS) is 12.5. The van der Waals surface area contributed by atoms with E-state index in [1.807, 2.05) is 19.0 Å². The Morgan fingerprint density at radius 3 is 2.48 bits per heavy atom. The van der Waals surface area contributed by atoms with Crippen LogP contribution in [-0.2, 0) is 9.59 Å². The molecule has 0 fully saturated rings. The molecule has 7 nitrogen and oxygen atoms in total. The molecule has 0 saturated heterocycles. The van der Waals surface area contributed by atoms with Gasteiger partial charge in [-0.1, -0.05) is 19.0 Å². The van der Waals surface area contributed by atoms with Gasteiger partial charge in [-0.15, -0.1) is 0 Å². The first kappa shape index (κ1) is 17.2. The van der Waals surface area contributed by atoms with E-state index < -0.39 is 11.8 Å². The quantitative estimate of drug-likeness (QED) is 0.765. The van der Waals surface area contributed by atoms with Crippen LogP contribution in [0.5, 0.6) is 0 Å². The number of amides is 2. The molecule has 118 valence electrons. The summed E-state index contributed by atoms with van der Waals surface area (Å²) in [6.07, 6.45) is 0.806. The van der Waals surface area contributed by atoms with Gasteiger partial charge in [0.15, 0.2) is 5.82 Å². The molecule has 21 heavy (non-hydrogen) atoms. The largest absolute Gasteiger partial charge is 0.360 e. The topological polar surface area (TPSA) is 87.5 Å². The molecule has 1 heterocycles. The standard InChI is InChI=1S/C14H24N4O3/c1-9(2)6-11(8-18(4)5)15-13(19)14(20)16-12-7-10(3)21-17-12/h7,9,11H,6,8H2,1-5H3,(H,15,19)(H,16,17,20)/t11-/m1/s1. The zero-order valence-electron chi connectivity index (χ0n) is 13.3. The van der Waals surface area contributed by atoms with Gasteiger partial charge in [-0.2, -0.15) is 0 Å². The molecule has 0 aliphatic carbocycles. The highest BCUT2D eigenvalue weighted by Crippen LogP contribution is 2.08. The van der Waals surface area contributed by atoms with Crippen LogP contribution in [0.2, 0.25) is 0 Å². The Morgan fingerprint density at radius 1 is 1.33 bits per heavy atom. The second kappa shape index (κ2) is 7.78. The SMILES string of the molecule is Cc1cc(NC(=O)C(=O)N[C@H](CC(C)C)CN(C)C)no1. The van der Waals surface area contributed by atoms with Gasteiger partial charge in [0.05, 0.1) is 0 Å². The van der Waals surface area contributed by atoms with Crippen LogP contribution in [0, 0.1) is 12.8 Å². The maximum Gasteiger partial charge on any atom is 0.314 e. The maximum absolute atomic E-state index is 11.9. The van der Waals surface area contributed by atoms with Crippen LogP contribution < -0.4 is 10.6 Å². The summed E-state index contributed by atoms with van der Waals surface area (Å²) >= 11 is 0. The number of nitrogens with zero attached hydrogens (tertiary/aromatic N) is 2. The number of aryl methyl sites for hydroxylation is 1. The lowest BCUT2D eigenvalue weighted by Gasteiger charge is -2.23. The van der Waals surface area contributed by atoms with Crippen molar-refractivity contribution in [3.63, 3.8) is 0 Å². The fourth-order valence-corrected chi connectivity index (χ4v) is 2.04. The van der Waals surface area contributed by atoms with Crippen molar-refractivity contribution in [3.8, 4) is 0 Å². The molecule has 0 radical (unpaired) electrons. The van der Waals surface area contributed by atoms with E-state index in [1.165, 1.54) is 0 Å². The summed E-state index contributed by atoms with van der Waals surface area (Å²) < 4.78 is 4.83. The van der Waals surface area contributed by atoms with Crippen LogP contribution in [0.25, 0.3) is 0 Å². The number of rotatable bonds is 6. The second-order valence-corrected chi connectivity index (χ2v) is 5.84. The van der Waals surface area contributed by atoms with Crippen molar-refractivity contribution in [2.45, 2.75) is 33.2 Å². The van der Waals surface area contributed by atoms with Gasteiger partial charge in [0.2, 0.25) is 0 Å². The molecule has 0 unspecified atom stereocenters. The van der Waals surface area contributed by atoms with Crippen LogP contribution in [0.15, 0.2) is 10.6 Å². The molecule has 2 amide bonds. The number of hydrogen-bond donors (Lipinski definition) is 2. The first-order valence-corrected chi connectivity index (χ1v) is 6.97. The zero-order chi connectivity index (χ0) is 16.0. The van der Waals surface area contributed by atoms with E-state index in [1.54, 1.807) is 13.0 Å². The Hall–Kier alpha value is -1.89. The van der Waals surface area contributed by atoms with Crippen LogP contribution in [0.1, 0.15) is 26.0 Å². The Balaban J connectivity index is 2.56. The molecule has 1 aromatic heterocycles. The molecule has 0 aliphatic heterocycles. The molecular weight excluding hydrogens is 272 g/mol. The summed E-state index contributed by atoms with van der Waals surface area (Å²) in [6, 6.07) is 1.48. The lowest BCUT2D eigenvalue weighted by molar-refractivity contribution is -0.136. The van der Waals surface area contributed by atoms with Crippen LogP contribution in [0.3, 0.4) is 0 Å². The van der Waals surface area contributed by atoms with Gasteiger partial charge < -0.3 is 14.7 Å². The van der Waals surface area contributed by atoms with Gasteiger partial charge in [-0.3, -0.25) is 14.9 Å². The Morgan fingerprint density at radius 2 is 2.00 bits per heavy atom. The molecule has 0 saturated carbocycles. The minimum Gasteiger partial charge on any atom is -0.360 e. The second-order valence-electron chi connectivity index (χ2n) is 5.84. The van der Waals surface area contributed by atoms with Crippen molar-refractivity contribution in [2.75, 3.05) is 26.0 Å². The average molecular weight is 296 g/mol. The highest BCUT2D eigenvalue weighted by atomic mass is 16.5. The number of carbonyl (C=O) groups excluding carboxylic acids is 2. The van der Waals surface area contributed by atoms with Crippen molar-refractivity contribution >= 4 is 17.6 Å². The molecule has 1 rings (SSSR count). The molecule has 1 atom stereocenters. The first-order valence-electron chi connectivity index (χ1n) is 6.97. The van der Waals surface area contributed by atoms with E-state index in [2.05, 4.69) is 29.6 Å². The Kier molecular flexibility index (Phi) is 6.36. The van der Waals surface area contributed by atoms with Crippen molar-refractivity contribution in [1.82, 2.24) is 15.4 Å². The third kappa shape index (κ3) is 6.40. The monoisotopic (exact) mass is 296 g/mol. The summed E-state index contributed by atoms with van der Waals surface area (Å²) in [5.74, 6) is -0.174. The zero-order valence-corrected chi connectivity index (χ0v) is 13.3. The average Bonchev–Trinajstić information content (AvgIpc) is 2.72. The Bertz CT molecular complexity index is 472. The molecule has 0 aromatic carbocycles. The lowest BCUT2D eigenvalue weighted by Crippen LogP contribution is -2.46. The highest BCUT2D eigenvalue weighted by molar-refractivity contribution is 6.39. The van der Waals surface area contributed by atoms with Crippen molar-refractivity contribution in [2.24, 2.45) is 5.92 Å². The van der Waals surface area contributed by atoms with Gasteiger partial charge in [0.1, 0.15) is 5.76 Å². The summed E-state index contributed by atoms with van der Waals surface area (Å²) in [4.78, 5) is 25.7. The number of anilines is 1. The minimum atomic E-state index is -0.740. The molecule has 1 aromatic rings. The van der Waals surface area contributed by atoms with Gasteiger partial charge in [0.25, 0.3) is 0 Å². The summed E-state index contributed by atoms with van der Waals surface area (Å²) in [6.45, 7) is 6.54. The number of nitrogens with one attached hydrogen (secondary N) is 2. The summed E-state index contributed by atoms with van der Waals surface area (Å²) in [5.41, 5.74) is 0. The molecule has 0 aliphatic rings. The van der Waals surface area contributed by atoms with E-state index >= 15 is 0 Å². The fraction of sp³-hybridized carbons (Fsp3) is 0.643. The molecule has 0 spiro atoms. The van der Waals surface area contributed by atoms with Crippen LogP contribution in [-0.4, -0.2) is 48.6 Å². The number of carbonyl (C=O) groups is 2. The van der Waals surface area contributed by atoms with Gasteiger partial charge in [-0.05, 0) is 33.4 Å². The van der Waals surface area contributed by atoms with Gasteiger partial charge >= 0.3 is 11.8 Å². The third-order valence-electron chi connectivity index (χ3n) is 2.75. The number of hydrogen-bond acceptors (Lipinski definition) is 5. The molecular formula is C14H24N4O3. The lowest BCUT2D eigenvalue weighted by atomic mass is 10.0. The van der Waals surface area contributed by atoms with E-state index in [0.29, 0.717) is 18.2 Å². The third-order valence-corrected chi connectivity index (χ3v) is 2.75. The first-order chi connectivity index (χ1) is 9.77. The fourth-order valence-electron chi connectivity index (χ4n) is 2.04. The molecule has 2 N–H and O–H groups in total. The van der Waals surface area contributed by atoms with E-state index in [9.17, 15) is 9.59 Å². The Labute approximate surface area is 125 Å². The van der Waals surface area contributed by atoms with Crippen molar-refractivity contribution in [3.05, 3.63) is 11.8 Å². The summed E-state index contributed by atoms with van der Waals surface area (Å²) in [7, 11) is 3.86. The molecule has 0 bridgehead atoms. The van der Waals surface area contributed by atoms with Gasteiger partial charge in [-0.25, -0.2) is 0 Å². The maximum atomic E-state index is 11.9. The van der Waals surface area contributed by atoms with Gasteiger partial charge in [0, 0.05) is 18.7 Å². The van der Waals surface area contributed by atoms with E-state index in [0.717, 1.165) is 6.42 Å². The minimum absolute atomic E-state index is 0.0719. The number of likely N-dealkylation sites (N-methyl/N-ethyl adjacent to an activating group) is 1. The predicted molar refractivity (Wildman–Crippen MR) is 79.8 cm³/mol. The van der Waals surface area contributed by atoms with Crippen LogP contribution >= 0.6 is 0 Å². The number of aromatic nitrogens is 1. The smallest absolute Gasteiger partial charge is 0.314 e.